The van der Waals surface area contributed by atoms with E-state index < -0.39 is 15.8 Å². The zero-order valence-corrected chi connectivity index (χ0v) is 14.9. The molecule has 0 aromatic rings. The molecule has 0 saturated carbocycles. The summed E-state index contributed by atoms with van der Waals surface area (Å²) in [6.45, 7) is 3.01. The van der Waals surface area contributed by atoms with Crippen LogP contribution >= 0.6 is 0 Å². The van der Waals surface area contributed by atoms with Crippen LogP contribution in [-0.4, -0.2) is 87.7 Å². The van der Waals surface area contributed by atoms with Crippen LogP contribution in [0.5, 0.6) is 0 Å². The molecular weight excluding hydrogens is 336 g/mol. The van der Waals surface area contributed by atoms with Crippen LogP contribution in [-0.2, 0) is 29.0 Å². The molecule has 3 heterocycles. The molecule has 138 valence electrons. The summed E-state index contributed by atoms with van der Waals surface area (Å²) in [5.74, 6) is -0.711. The Morgan fingerprint density at radius 2 is 1.88 bits per heavy atom. The van der Waals surface area contributed by atoms with Crippen molar-refractivity contribution >= 4 is 15.9 Å². The van der Waals surface area contributed by atoms with E-state index in [-0.39, 0.29) is 25.1 Å². The van der Waals surface area contributed by atoms with Crippen molar-refractivity contribution in [3.8, 4) is 0 Å². The molecular formula is C15H26N2O6S. The third kappa shape index (κ3) is 4.26. The number of likely N-dealkylation sites (tertiary alicyclic amines) is 1. The average molecular weight is 362 g/mol. The Hall–Kier alpha value is -0.740. The van der Waals surface area contributed by atoms with Gasteiger partial charge in [0.1, 0.15) is 0 Å². The second-order valence-corrected chi connectivity index (χ2v) is 8.66. The Kier molecular flexibility index (Phi) is 5.45. The van der Waals surface area contributed by atoms with Crippen molar-refractivity contribution in [1.29, 1.82) is 0 Å². The monoisotopic (exact) mass is 362 g/mol. The molecule has 0 aromatic carbocycles. The Balaban J connectivity index is 1.55. The summed E-state index contributed by atoms with van der Waals surface area (Å²) in [7, 11) is -3.45. The third-order valence-electron chi connectivity index (χ3n) is 4.90. The highest BCUT2D eigenvalue weighted by atomic mass is 32.2. The lowest BCUT2D eigenvalue weighted by atomic mass is 10.0. The fraction of sp³-hybridized carbons (Fsp3) is 0.933. The van der Waals surface area contributed by atoms with Crippen LogP contribution in [0.4, 0.5) is 0 Å². The number of ether oxygens (including phenoxy) is 3. The third-order valence-corrected chi connectivity index (χ3v) is 6.12. The van der Waals surface area contributed by atoms with Crippen molar-refractivity contribution < 1.29 is 27.4 Å². The van der Waals surface area contributed by atoms with E-state index in [4.69, 9.17) is 14.2 Å². The average Bonchev–Trinajstić information content (AvgIpc) is 3.19. The van der Waals surface area contributed by atoms with E-state index in [9.17, 15) is 13.2 Å². The normalized spacial score (nSPS) is 27.2. The highest BCUT2D eigenvalue weighted by Crippen LogP contribution is 2.31. The van der Waals surface area contributed by atoms with Gasteiger partial charge in [0.05, 0.1) is 32.1 Å². The molecule has 3 fully saturated rings. The first-order valence-electron chi connectivity index (χ1n) is 8.50. The Morgan fingerprint density at radius 1 is 1.21 bits per heavy atom. The van der Waals surface area contributed by atoms with Crippen LogP contribution in [0.15, 0.2) is 0 Å². The molecule has 0 radical (unpaired) electrons. The summed E-state index contributed by atoms with van der Waals surface area (Å²) in [6.07, 6.45) is 4.05. The van der Waals surface area contributed by atoms with E-state index in [0.717, 1.165) is 19.1 Å². The highest BCUT2D eigenvalue weighted by molar-refractivity contribution is 7.88. The molecule has 8 nitrogen and oxygen atoms in total. The molecule has 3 aliphatic rings. The molecule has 0 aromatic heterocycles. The van der Waals surface area contributed by atoms with Crippen LogP contribution in [0.2, 0.25) is 0 Å². The zero-order valence-electron chi connectivity index (χ0n) is 14.1. The first-order valence-corrected chi connectivity index (χ1v) is 10.4. The fourth-order valence-electron chi connectivity index (χ4n) is 3.47. The maximum absolute atomic E-state index is 12.5. The van der Waals surface area contributed by atoms with Gasteiger partial charge in [-0.25, -0.2) is 8.42 Å². The molecule has 3 saturated heterocycles. The minimum absolute atomic E-state index is 0.113. The van der Waals surface area contributed by atoms with Crippen molar-refractivity contribution in [3.05, 3.63) is 0 Å². The van der Waals surface area contributed by atoms with Gasteiger partial charge in [-0.3, -0.25) is 4.79 Å². The predicted octanol–water partition coefficient (Wildman–Crippen LogP) is -0.207. The van der Waals surface area contributed by atoms with Crippen molar-refractivity contribution in [2.45, 2.75) is 37.6 Å². The quantitative estimate of drug-likeness (QED) is 0.673. The summed E-state index contributed by atoms with van der Waals surface area (Å²) in [5, 5.41) is 0. The maximum atomic E-state index is 12.5. The Morgan fingerprint density at radius 3 is 2.42 bits per heavy atom. The summed E-state index contributed by atoms with van der Waals surface area (Å²) < 4.78 is 42.0. The lowest BCUT2D eigenvalue weighted by Crippen LogP contribution is -2.51. The highest BCUT2D eigenvalue weighted by Gasteiger charge is 2.41. The first-order chi connectivity index (χ1) is 11.4. The lowest BCUT2D eigenvalue weighted by Gasteiger charge is -2.38. The molecule has 9 heteroatoms. The van der Waals surface area contributed by atoms with Crippen LogP contribution in [0, 0.1) is 0 Å². The molecule has 1 unspecified atom stereocenters. The molecule has 1 amide bonds. The predicted molar refractivity (Wildman–Crippen MR) is 85.8 cm³/mol. The minimum Gasteiger partial charge on any atom is -0.377 e. The number of nitrogens with zero attached hydrogens (tertiary/aromatic N) is 2. The number of rotatable bonds is 5. The van der Waals surface area contributed by atoms with Crippen molar-refractivity contribution in [2.75, 3.05) is 52.3 Å². The summed E-state index contributed by atoms with van der Waals surface area (Å²) in [6, 6.07) is 0. The summed E-state index contributed by atoms with van der Waals surface area (Å²) in [4.78, 5) is 14.2. The molecule has 0 bridgehead atoms. The number of carbonyl (C=O) groups excluding carboxylic acids is 1. The van der Waals surface area contributed by atoms with Crippen LogP contribution in [0.1, 0.15) is 25.7 Å². The van der Waals surface area contributed by atoms with Gasteiger partial charge < -0.3 is 19.1 Å². The maximum Gasteiger partial charge on any atom is 0.237 e. The van der Waals surface area contributed by atoms with Crippen molar-refractivity contribution in [2.24, 2.45) is 0 Å². The van der Waals surface area contributed by atoms with Gasteiger partial charge in [-0.15, -0.1) is 0 Å². The largest absolute Gasteiger partial charge is 0.377 e. The number of carbonyl (C=O) groups is 1. The van der Waals surface area contributed by atoms with E-state index in [1.54, 1.807) is 4.90 Å². The van der Waals surface area contributed by atoms with E-state index in [2.05, 4.69) is 0 Å². The first kappa shape index (κ1) is 18.1. The minimum atomic E-state index is -3.45. The smallest absolute Gasteiger partial charge is 0.237 e. The number of hydrogen-bond donors (Lipinski definition) is 0. The number of hydrogen-bond acceptors (Lipinski definition) is 6. The summed E-state index contributed by atoms with van der Waals surface area (Å²) >= 11 is 0. The van der Waals surface area contributed by atoms with E-state index in [0.29, 0.717) is 45.8 Å². The summed E-state index contributed by atoms with van der Waals surface area (Å²) in [5.41, 5.74) is 0. The zero-order chi connectivity index (χ0) is 17.2. The van der Waals surface area contributed by atoms with Gasteiger partial charge in [-0.1, -0.05) is 0 Å². The lowest BCUT2D eigenvalue weighted by molar-refractivity contribution is -0.187. The SMILES string of the molecule is CS(=O)(=O)N(CC(=O)N1CCC2(CC1)OCCO2)CC1CCCO1. The Bertz CT molecular complexity index is 544. The van der Waals surface area contributed by atoms with Gasteiger partial charge in [0.15, 0.2) is 5.79 Å². The molecule has 24 heavy (non-hydrogen) atoms. The standard InChI is InChI=1S/C15H26N2O6S/c1-24(19,20)17(11-13-3-2-8-21-13)12-14(18)16-6-4-15(5-7-16)22-9-10-23-15/h13H,2-12H2,1H3. The van der Waals surface area contributed by atoms with Crippen molar-refractivity contribution in [3.63, 3.8) is 0 Å². The van der Waals surface area contributed by atoms with Gasteiger partial charge in [-0.05, 0) is 12.8 Å². The number of sulfonamides is 1. The second-order valence-electron chi connectivity index (χ2n) is 6.68. The Labute approximate surface area is 143 Å². The van der Waals surface area contributed by atoms with E-state index in [1.165, 1.54) is 4.31 Å². The van der Waals surface area contributed by atoms with Crippen LogP contribution in [0.25, 0.3) is 0 Å². The molecule has 3 aliphatic heterocycles. The van der Waals surface area contributed by atoms with Gasteiger partial charge >= 0.3 is 0 Å². The van der Waals surface area contributed by atoms with Crippen molar-refractivity contribution in [1.82, 2.24) is 9.21 Å². The molecule has 1 spiro atoms. The van der Waals surface area contributed by atoms with E-state index >= 15 is 0 Å². The number of amides is 1. The molecule has 0 aliphatic carbocycles. The van der Waals surface area contributed by atoms with Crippen LogP contribution in [0.3, 0.4) is 0 Å². The van der Waals surface area contributed by atoms with Gasteiger partial charge in [0, 0.05) is 39.1 Å². The fourth-order valence-corrected chi connectivity index (χ4v) is 4.25. The van der Waals surface area contributed by atoms with Crippen LogP contribution < -0.4 is 0 Å². The van der Waals surface area contributed by atoms with E-state index in [1.807, 2.05) is 0 Å². The second kappa shape index (κ2) is 7.25. The number of piperidine rings is 1. The van der Waals surface area contributed by atoms with Gasteiger partial charge in [0.25, 0.3) is 0 Å². The topological polar surface area (TPSA) is 85.4 Å². The van der Waals surface area contributed by atoms with Gasteiger partial charge in [-0.2, -0.15) is 4.31 Å². The molecule has 3 rings (SSSR count). The molecule has 1 atom stereocenters. The molecule has 0 N–H and O–H groups in total. The van der Waals surface area contributed by atoms with Gasteiger partial charge in [0.2, 0.25) is 15.9 Å².